The summed E-state index contributed by atoms with van der Waals surface area (Å²) in [5.41, 5.74) is 6.94. The summed E-state index contributed by atoms with van der Waals surface area (Å²) in [6.07, 6.45) is 9.39. The standard InChI is InChI=1S/C27H34N2O2/c1-5-11-25(31-19-20-12-10-15-28-17-20)23-18-29-24(16-26(23)30-8-4)27-21(6-2)13-9-14-22(27)7-3/h9-10,12-18,25H,5-8,11,19H2,1-4H3. The quantitative estimate of drug-likeness (QED) is 0.346. The lowest BCUT2D eigenvalue weighted by molar-refractivity contribution is 0.0312. The third-order valence-electron chi connectivity index (χ3n) is 5.52. The van der Waals surface area contributed by atoms with Gasteiger partial charge in [0.25, 0.3) is 0 Å². The summed E-state index contributed by atoms with van der Waals surface area (Å²) in [5, 5.41) is 0. The van der Waals surface area contributed by atoms with Crippen LogP contribution in [-0.4, -0.2) is 16.6 Å². The van der Waals surface area contributed by atoms with E-state index < -0.39 is 0 Å². The van der Waals surface area contributed by atoms with Crippen molar-refractivity contribution < 1.29 is 9.47 Å². The van der Waals surface area contributed by atoms with Gasteiger partial charge in [-0.1, -0.05) is 51.5 Å². The molecule has 0 radical (unpaired) electrons. The summed E-state index contributed by atoms with van der Waals surface area (Å²) >= 11 is 0. The molecule has 0 saturated heterocycles. The molecule has 2 aromatic heterocycles. The fourth-order valence-electron chi connectivity index (χ4n) is 3.95. The third kappa shape index (κ3) is 5.71. The molecule has 3 rings (SSSR count). The van der Waals surface area contributed by atoms with Crippen molar-refractivity contribution in [1.29, 1.82) is 0 Å². The molecule has 0 spiro atoms. The summed E-state index contributed by atoms with van der Waals surface area (Å²) in [6.45, 7) is 9.71. The van der Waals surface area contributed by atoms with Crippen molar-refractivity contribution in [2.24, 2.45) is 0 Å². The predicted octanol–water partition coefficient (Wildman–Crippen LogP) is 6.73. The molecule has 0 bridgehead atoms. The molecule has 0 aliphatic heterocycles. The lowest BCUT2D eigenvalue weighted by Crippen LogP contribution is -2.09. The highest BCUT2D eigenvalue weighted by Gasteiger charge is 2.20. The van der Waals surface area contributed by atoms with Crippen LogP contribution >= 0.6 is 0 Å². The molecule has 4 heteroatoms. The molecule has 1 atom stereocenters. The van der Waals surface area contributed by atoms with Gasteiger partial charge in [0.1, 0.15) is 5.75 Å². The van der Waals surface area contributed by atoms with E-state index in [2.05, 4.69) is 50.0 Å². The van der Waals surface area contributed by atoms with E-state index in [9.17, 15) is 0 Å². The minimum atomic E-state index is -0.0691. The van der Waals surface area contributed by atoms with E-state index in [0.29, 0.717) is 13.2 Å². The van der Waals surface area contributed by atoms with Crippen LogP contribution in [0.5, 0.6) is 5.75 Å². The van der Waals surface area contributed by atoms with E-state index in [4.69, 9.17) is 14.5 Å². The predicted molar refractivity (Wildman–Crippen MR) is 126 cm³/mol. The van der Waals surface area contributed by atoms with Crippen LogP contribution in [0.2, 0.25) is 0 Å². The lowest BCUT2D eigenvalue weighted by Gasteiger charge is -2.22. The number of aromatic nitrogens is 2. The Morgan fingerprint density at radius 2 is 1.71 bits per heavy atom. The number of nitrogens with zero attached hydrogens (tertiary/aromatic N) is 2. The molecule has 0 amide bonds. The van der Waals surface area contributed by atoms with Gasteiger partial charge in [-0.15, -0.1) is 0 Å². The number of hydrogen-bond acceptors (Lipinski definition) is 4. The molecule has 0 saturated carbocycles. The molecule has 0 N–H and O–H groups in total. The molecule has 0 aliphatic rings. The average Bonchev–Trinajstić information content (AvgIpc) is 2.82. The molecule has 0 fully saturated rings. The first-order chi connectivity index (χ1) is 15.2. The fourth-order valence-corrected chi connectivity index (χ4v) is 3.95. The average molecular weight is 419 g/mol. The molecule has 3 aromatic rings. The maximum atomic E-state index is 6.32. The van der Waals surface area contributed by atoms with E-state index in [1.807, 2.05) is 31.5 Å². The van der Waals surface area contributed by atoms with E-state index in [-0.39, 0.29) is 6.10 Å². The molecule has 4 nitrogen and oxygen atoms in total. The summed E-state index contributed by atoms with van der Waals surface area (Å²) in [5.74, 6) is 0.866. The monoisotopic (exact) mass is 418 g/mol. The van der Waals surface area contributed by atoms with Gasteiger partial charge in [0.2, 0.25) is 0 Å². The number of ether oxygens (including phenoxy) is 2. The Labute approximate surface area is 186 Å². The summed E-state index contributed by atoms with van der Waals surface area (Å²) in [6, 6.07) is 12.6. The maximum absolute atomic E-state index is 6.32. The number of hydrogen-bond donors (Lipinski definition) is 0. The molecule has 1 unspecified atom stereocenters. The van der Waals surface area contributed by atoms with Gasteiger partial charge >= 0.3 is 0 Å². The van der Waals surface area contributed by atoms with Gasteiger partial charge in [0, 0.05) is 35.8 Å². The van der Waals surface area contributed by atoms with Crippen molar-refractivity contribution in [3.05, 3.63) is 77.2 Å². The van der Waals surface area contributed by atoms with Gasteiger partial charge in [-0.05, 0) is 48.9 Å². The molecule has 164 valence electrons. The first-order valence-corrected chi connectivity index (χ1v) is 11.5. The summed E-state index contributed by atoms with van der Waals surface area (Å²) in [4.78, 5) is 9.08. The Morgan fingerprint density at radius 3 is 2.32 bits per heavy atom. The molecule has 1 aromatic carbocycles. The summed E-state index contributed by atoms with van der Waals surface area (Å²) in [7, 11) is 0. The van der Waals surface area contributed by atoms with E-state index >= 15 is 0 Å². The second-order valence-electron chi connectivity index (χ2n) is 7.65. The zero-order valence-corrected chi connectivity index (χ0v) is 19.2. The van der Waals surface area contributed by atoms with Crippen LogP contribution in [0.4, 0.5) is 0 Å². The zero-order valence-electron chi connectivity index (χ0n) is 19.2. The topological polar surface area (TPSA) is 44.2 Å². The first-order valence-electron chi connectivity index (χ1n) is 11.5. The first kappa shape index (κ1) is 23.0. The van der Waals surface area contributed by atoms with Crippen LogP contribution in [0.25, 0.3) is 11.3 Å². The smallest absolute Gasteiger partial charge is 0.128 e. The van der Waals surface area contributed by atoms with Crippen LogP contribution in [0.3, 0.4) is 0 Å². The molecular formula is C27H34N2O2. The van der Waals surface area contributed by atoms with Gasteiger partial charge in [-0.2, -0.15) is 0 Å². The van der Waals surface area contributed by atoms with Crippen LogP contribution in [0, 0.1) is 0 Å². The normalized spacial score (nSPS) is 12.0. The highest BCUT2D eigenvalue weighted by Crippen LogP contribution is 2.36. The second kappa shape index (κ2) is 11.6. The van der Waals surface area contributed by atoms with Crippen molar-refractivity contribution >= 4 is 0 Å². The van der Waals surface area contributed by atoms with Gasteiger partial charge in [-0.3, -0.25) is 9.97 Å². The van der Waals surface area contributed by atoms with E-state index in [0.717, 1.165) is 48.3 Å². The minimum absolute atomic E-state index is 0.0691. The molecule has 31 heavy (non-hydrogen) atoms. The Hall–Kier alpha value is -2.72. The second-order valence-corrected chi connectivity index (χ2v) is 7.65. The zero-order chi connectivity index (χ0) is 22.1. The van der Waals surface area contributed by atoms with Crippen LogP contribution in [-0.2, 0) is 24.2 Å². The fraction of sp³-hybridized carbons (Fsp3) is 0.407. The Kier molecular flexibility index (Phi) is 8.60. The van der Waals surface area contributed by atoms with Gasteiger partial charge in [0.15, 0.2) is 0 Å². The Bertz CT molecular complexity index is 934. The van der Waals surface area contributed by atoms with E-state index in [1.165, 1.54) is 16.7 Å². The van der Waals surface area contributed by atoms with Crippen molar-refractivity contribution in [1.82, 2.24) is 9.97 Å². The highest BCUT2D eigenvalue weighted by atomic mass is 16.5. The Morgan fingerprint density at radius 1 is 0.935 bits per heavy atom. The number of pyridine rings is 2. The maximum Gasteiger partial charge on any atom is 0.128 e. The molecular weight excluding hydrogens is 384 g/mol. The van der Waals surface area contributed by atoms with Crippen molar-refractivity contribution in [2.45, 2.75) is 66.1 Å². The largest absolute Gasteiger partial charge is 0.493 e. The van der Waals surface area contributed by atoms with Crippen LogP contribution in [0.15, 0.2) is 55.0 Å². The van der Waals surface area contributed by atoms with E-state index in [1.54, 1.807) is 6.20 Å². The van der Waals surface area contributed by atoms with Crippen LogP contribution < -0.4 is 4.74 Å². The van der Waals surface area contributed by atoms with Crippen molar-refractivity contribution in [2.75, 3.05) is 6.61 Å². The SMILES string of the molecule is CCCC(OCc1cccnc1)c1cnc(-c2c(CC)cccc2CC)cc1OCC. The highest BCUT2D eigenvalue weighted by molar-refractivity contribution is 5.69. The van der Waals surface area contributed by atoms with Gasteiger partial charge < -0.3 is 9.47 Å². The lowest BCUT2D eigenvalue weighted by atomic mass is 9.94. The van der Waals surface area contributed by atoms with Crippen molar-refractivity contribution in [3.63, 3.8) is 0 Å². The minimum Gasteiger partial charge on any atom is -0.493 e. The number of rotatable bonds is 11. The van der Waals surface area contributed by atoms with Gasteiger partial charge in [0.05, 0.1) is 25.0 Å². The number of benzene rings is 1. The molecule has 0 aliphatic carbocycles. The Balaban J connectivity index is 1.97. The third-order valence-corrected chi connectivity index (χ3v) is 5.52. The summed E-state index contributed by atoms with van der Waals surface area (Å²) < 4.78 is 12.4. The van der Waals surface area contributed by atoms with Gasteiger partial charge in [-0.25, -0.2) is 0 Å². The van der Waals surface area contributed by atoms with Crippen LogP contribution in [0.1, 0.15) is 68.9 Å². The number of aryl methyl sites for hydroxylation is 2. The van der Waals surface area contributed by atoms with Crippen molar-refractivity contribution in [3.8, 4) is 17.0 Å². The molecule has 2 heterocycles.